The number of carbonyl (C=O) groups excluding carboxylic acids is 2. The Morgan fingerprint density at radius 2 is 1.76 bits per heavy atom. The van der Waals surface area contributed by atoms with Crippen LogP contribution in [-0.2, 0) is 28.6 Å². The zero-order valence-electron chi connectivity index (χ0n) is 27.3. The Morgan fingerprint density at radius 3 is 2.36 bits per heavy atom. The molecule has 0 amide bonds. The molecule has 4 rings (SSSR count). The smallest absolute Gasteiger partial charge is 0.317 e. The van der Waals surface area contributed by atoms with Gasteiger partial charge in [0.1, 0.15) is 18.8 Å². The minimum Gasteiger partial charge on any atom is -0.481 e. The molecule has 1 N–H and O–H groups in total. The highest BCUT2D eigenvalue weighted by Gasteiger charge is 2.71. The summed E-state index contributed by atoms with van der Waals surface area (Å²) in [6.45, 7) is 15.6. The normalized spacial score (nSPS) is 39.9. The molecule has 7 heteroatoms. The third-order valence-corrected chi connectivity index (χ3v) is 12.7. The number of ether oxygens (including phenoxy) is 3. The van der Waals surface area contributed by atoms with Crippen molar-refractivity contribution < 1.29 is 33.7 Å². The lowest BCUT2D eigenvalue weighted by molar-refractivity contribution is -0.189. The van der Waals surface area contributed by atoms with E-state index in [1.807, 2.05) is 0 Å². The molecule has 3 saturated carbocycles. The number of carboxylic acids is 1. The van der Waals surface area contributed by atoms with E-state index in [9.17, 15) is 14.4 Å². The fourth-order valence-electron chi connectivity index (χ4n) is 10.0. The van der Waals surface area contributed by atoms with Gasteiger partial charge in [-0.25, -0.2) is 0 Å². The van der Waals surface area contributed by atoms with Crippen molar-refractivity contribution in [3.05, 3.63) is 23.8 Å². The van der Waals surface area contributed by atoms with Gasteiger partial charge in [-0.3, -0.25) is 9.59 Å². The van der Waals surface area contributed by atoms with Crippen LogP contribution in [0.5, 0.6) is 0 Å². The third-order valence-electron chi connectivity index (χ3n) is 12.7. The van der Waals surface area contributed by atoms with Crippen LogP contribution in [0.2, 0.25) is 0 Å². The summed E-state index contributed by atoms with van der Waals surface area (Å²) in [7, 11) is 3.50. The van der Waals surface area contributed by atoms with E-state index in [0.29, 0.717) is 18.3 Å². The van der Waals surface area contributed by atoms with E-state index in [1.54, 1.807) is 14.2 Å². The number of hydrogen-bond acceptors (Lipinski definition) is 6. The highest BCUT2D eigenvalue weighted by molar-refractivity contribution is 5.90. The molecule has 236 valence electrons. The second-order valence-corrected chi connectivity index (χ2v) is 15.3. The molecule has 0 aromatic rings. The van der Waals surface area contributed by atoms with Gasteiger partial charge in [0.05, 0.1) is 11.7 Å². The van der Waals surface area contributed by atoms with Crippen molar-refractivity contribution in [2.45, 2.75) is 118 Å². The first-order chi connectivity index (χ1) is 19.5. The molecule has 0 aromatic heterocycles. The predicted molar refractivity (Wildman–Crippen MR) is 162 cm³/mol. The van der Waals surface area contributed by atoms with Gasteiger partial charge in [0.15, 0.2) is 0 Å². The molecule has 4 aliphatic rings. The van der Waals surface area contributed by atoms with Crippen LogP contribution >= 0.6 is 0 Å². The summed E-state index contributed by atoms with van der Waals surface area (Å²) in [5, 5.41) is 9.07. The first-order valence-corrected chi connectivity index (χ1v) is 15.9. The number of aldehydes is 1. The zero-order chi connectivity index (χ0) is 31.3. The van der Waals surface area contributed by atoms with Crippen molar-refractivity contribution in [3.63, 3.8) is 0 Å². The van der Waals surface area contributed by atoms with Crippen LogP contribution in [0.15, 0.2) is 23.8 Å². The van der Waals surface area contributed by atoms with Gasteiger partial charge in [-0.15, -0.1) is 0 Å². The van der Waals surface area contributed by atoms with Gasteiger partial charge in [-0.2, -0.15) is 0 Å². The van der Waals surface area contributed by atoms with Crippen LogP contribution in [0, 0.1) is 45.3 Å². The average Bonchev–Trinajstić information content (AvgIpc) is 3.20. The minimum absolute atomic E-state index is 0.0490. The van der Waals surface area contributed by atoms with Crippen molar-refractivity contribution in [1.29, 1.82) is 0 Å². The van der Waals surface area contributed by atoms with Crippen molar-refractivity contribution >= 4 is 18.2 Å². The summed E-state index contributed by atoms with van der Waals surface area (Å²) >= 11 is 0. The van der Waals surface area contributed by atoms with Crippen LogP contribution < -0.4 is 0 Å². The molecular weight excluding hydrogens is 532 g/mol. The number of rotatable bonds is 10. The highest BCUT2D eigenvalue weighted by atomic mass is 16.5. The van der Waals surface area contributed by atoms with E-state index < -0.39 is 35.3 Å². The fraction of sp³-hybridized carbons (Fsp3) is 0.800. The van der Waals surface area contributed by atoms with Gasteiger partial charge in [0.25, 0.3) is 0 Å². The Hall–Kier alpha value is -1.99. The van der Waals surface area contributed by atoms with Gasteiger partial charge in [0.2, 0.25) is 0 Å². The summed E-state index contributed by atoms with van der Waals surface area (Å²) in [4.78, 5) is 36.9. The van der Waals surface area contributed by atoms with Gasteiger partial charge in [-0.1, -0.05) is 58.4 Å². The number of carboxylic acid groups (broad SMARTS) is 1. The SMILES string of the molecule is CO[C@H]1C=C2[C@@H](CC[C@H](OC(=O)CC(=O)O)C2(C)C)[C@]2(C=O)CC[C@]3(C)[C@@H]([C@H](C)C/C=C/C(C)(C)OC)CC[C@@]3(C)[C@H]12. The van der Waals surface area contributed by atoms with Crippen molar-refractivity contribution in [3.8, 4) is 0 Å². The third kappa shape index (κ3) is 5.21. The molecule has 9 atom stereocenters. The number of fused-ring (bicyclic) bond motifs is 5. The Morgan fingerprint density at radius 1 is 1.07 bits per heavy atom. The highest BCUT2D eigenvalue weighted by Crippen LogP contribution is 2.74. The second-order valence-electron chi connectivity index (χ2n) is 15.3. The molecule has 42 heavy (non-hydrogen) atoms. The first kappa shape index (κ1) is 32.9. The summed E-state index contributed by atoms with van der Waals surface area (Å²) < 4.78 is 17.6. The number of allylic oxidation sites excluding steroid dienone is 1. The summed E-state index contributed by atoms with van der Waals surface area (Å²) in [6, 6.07) is 0. The Bertz CT molecular complexity index is 1120. The number of hydrogen-bond donors (Lipinski definition) is 1. The standard InChI is InChI=1S/C35H54O7/c1-22(11-10-15-31(2,3)41-9)23-14-16-34(7)30-26(40-8)19-25-24(35(30,21-36)18-17-33(23,34)6)12-13-27(32(25,4)5)42-29(39)20-28(37)38/h10,15,19,21-24,26-27,30H,11-14,16-18,20H2,1-9H3,(H,37,38)/b15-10+/t22-,23-,24-,26+,27+,30+,33-,34+,35-/m1/s1. The number of carbonyl (C=O) groups is 3. The molecule has 7 nitrogen and oxygen atoms in total. The van der Waals surface area contributed by atoms with E-state index in [4.69, 9.17) is 19.3 Å². The van der Waals surface area contributed by atoms with Crippen LogP contribution in [0.3, 0.4) is 0 Å². The van der Waals surface area contributed by atoms with Crippen molar-refractivity contribution in [1.82, 2.24) is 0 Å². The van der Waals surface area contributed by atoms with E-state index in [-0.39, 0.29) is 34.4 Å². The zero-order valence-corrected chi connectivity index (χ0v) is 27.3. The summed E-state index contributed by atoms with van der Waals surface area (Å²) in [5.41, 5.74) is -0.230. The molecule has 0 unspecified atom stereocenters. The lowest BCUT2D eigenvalue weighted by Crippen LogP contribution is -2.64. The monoisotopic (exact) mass is 586 g/mol. The van der Waals surface area contributed by atoms with Crippen LogP contribution in [0.1, 0.15) is 99.8 Å². The predicted octanol–water partition coefficient (Wildman–Crippen LogP) is 6.79. The number of methoxy groups -OCH3 is 2. The molecule has 0 bridgehead atoms. The topological polar surface area (TPSA) is 99.1 Å². The Balaban J connectivity index is 1.68. The lowest BCUT2D eigenvalue weighted by atomic mass is 9.38. The largest absolute Gasteiger partial charge is 0.481 e. The van der Waals surface area contributed by atoms with Crippen LogP contribution in [0.4, 0.5) is 0 Å². The van der Waals surface area contributed by atoms with E-state index in [0.717, 1.165) is 44.1 Å². The van der Waals surface area contributed by atoms with E-state index >= 15 is 0 Å². The molecule has 4 aliphatic carbocycles. The fourth-order valence-corrected chi connectivity index (χ4v) is 10.0. The maximum atomic E-state index is 13.5. The van der Waals surface area contributed by atoms with E-state index in [2.05, 4.69) is 66.7 Å². The first-order valence-electron chi connectivity index (χ1n) is 15.9. The van der Waals surface area contributed by atoms with E-state index in [1.165, 1.54) is 6.29 Å². The van der Waals surface area contributed by atoms with Gasteiger partial charge < -0.3 is 24.1 Å². The maximum absolute atomic E-state index is 13.5. The number of esters is 1. The van der Waals surface area contributed by atoms with Gasteiger partial charge in [-0.05, 0) is 87.4 Å². The summed E-state index contributed by atoms with van der Waals surface area (Å²) in [6.07, 6.45) is 13.0. The molecule has 0 aliphatic heterocycles. The number of aliphatic carboxylic acids is 1. The second kappa shape index (κ2) is 11.5. The molecule has 0 aromatic carbocycles. The molecule has 3 fully saturated rings. The lowest BCUT2D eigenvalue weighted by Gasteiger charge is -2.66. The minimum atomic E-state index is -1.19. The quantitative estimate of drug-likeness (QED) is 0.130. The van der Waals surface area contributed by atoms with Crippen LogP contribution in [-0.4, -0.2) is 55.4 Å². The van der Waals surface area contributed by atoms with Crippen molar-refractivity contribution in [2.24, 2.45) is 45.3 Å². The van der Waals surface area contributed by atoms with Crippen LogP contribution in [0.25, 0.3) is 0 Å². The molecule has 0 radical (unpaired) electrons. The van der Waals surface area contributed by atoms with Crippen molar-refractivity contribution in [2.75, 3.05) is 14.2 Å². The molecular formula is C35H54O7. The average molecular weight is 587 g/mol. The summed E-state index contributed by atoms with van der Waals surface area (Å²) in [5.74, 6) is -0.742. The Kier molecular flexibility index (Phi) is 9.01. The molecule has 0 saturated heterocycles. The van der Waals surface area contributed by atoms with Gasteiger partial charge >= 0.3 is 11.9 Å². The Labute approximate surface area is 252 Å². The molecule has 0 spiro atoms. The molecule has 0 heterocycles. The van der Waals surface area contributed by atoms with Gasteiger partial charge in [0, 0.05) is 31.0 Å². The maximum Gasteiger partial charge on any atom is 0.317 e.